The van der Waals surface area contributed by atoms with Gasteiger partial charge in [0.2, 0.25) is 5.91 Å². The molecule has 2 rings (SSSR count). The summed E-state index contributed by atoms with van der Waals surface area (Å²) < 4.78 is 6.05. The van der Waals surface area contributed by atoms with Gasteiger partial charge >= 0.3 is 0 Å². The lowest BCUT2D eigenvalue weighted by Crippen LogP contribution is -2.22. The number of nitrogens with one attached hydrogen (secondary N) is 1. The van der Waals surface area contributed by atoms with E-state index in [0.29, 0.717) is 31.4 Å². The van der Waals surface area contributed by atoms with Crippen LogP contribution in [0.5, 0.6) is 5.75 Å². The van der Waals surface area contributed by atoms with E-state index in [9.17, 15) is 9.59 Å². The smallest absolute Gasteiger partial charge is 0.220 e. The van der Waals surface area contributed by atoms with Gasteiger partial charge in [-0.3, -0.25) is 9.59 Å². The number of methoxy groups -OCH3 is 1. The molecular formula is C19H20BrNO3. The van der Waals surface area contributed by atoms with E-state index in [0.717, 1.165) is 15.8 Å². The number of hydrogen-bond acceptors (Lipinski definition) is 3. The van der Waals surface area contributed by atoms with E-state index in [4.69, 9.17) is 4.74 Å². The third-order valence-electron chi connectivity index (χ3n) is 3.60. The van der Waals surface area contributed by atoms with Crippen molar-refractivity contribution in [3.63, 3.8) is 0 Å². The second kappa shape index (κ2) is 9.23. The SMILES string of the molecule is COc1ccc(C(=O)CCCC(=O)NCc2cccc(Br)c2)cc1. The van der Waals surface area contributed by atoms with E-state index in [1.165, 1.54) is 0 Å². The molecule has 2 aromatic carbocycles. The van der Waals surface area contributed by atoms with Crippen molar-refractivity contribution in [3.8, 4) is 5.75 Å². The molecule has 0 aliphatic carbocycles. The van der Waals surface area contributed by atoms with E-state index in [-0.39, 0.29) is 11.7 Å². The van der Waals surface area contributed by atoms with Gasteiger partial charge in [0.1, 0.15) is 5.75 Å². The summed E-state index contributed by atoms with van der Waals surface area (Å²) >= 11 is 3.40. The number of rotatable bonds is 8. The van der Waals surface area contributed by atoms with Crippen LogP contribution in [0.15, 0.2) is 53.0 Å². The zero-order valence-electron chi connectivity index (χ0n) is 13.5. The molecule has 1 amide bonds. The van der Waals surface area contributed by atoms with Crippen LogP contribution in [0.25, 0.3) is 0 Å². The van der Waals surface area contributed by atoms with Gasteiger partial charge in [-0.25, -0.2) is 0 Å². The molecule has 0 fully saturated rings. The highest BCUT2D eigenvalue weighted by molar-refractivity contribution is 9.10. The van der Waals surface area contributed by atoms with Gasteiger partial charge < -0.3 is 10.1 Å². The van der Waals surface area contributed by atoms with Crippen LogP contribution in [0.3, 0.4) is 0 Å². The van der Waals surface area contributed by atoms with Gasteiger partial charge in [0.15, 0.2) is 5.78 Å². The third kappa shape index (κ3) is 5.81. The van der Waals surface area contributed by atoms with Crippen LogP contribution in [0.2, 0.25) is 0 Å². The first kappa shape index (κ1) is 18.2. The normalized spacial score (nSPS) is 10.2. The quantitative estimate of drug-likeness (QED) is 0.690. The molecule has 0 bridgehead atoms. The van der Waals surface area contributed by atoms with Crippen molar-refractivity contribution in [1.82, 2.24) is 5.32 Å². The Morgan fingerprint density at radius 2 is 1.83 bits per heavy atom. The van der Waals surface area contributed by atoms with E-state index < -0.39 is 0 Å². The Morgan fingerprint density at radius 1 is 1.08 bits per heavy atom. The van der Waals surface area contributed by atoms with Crippen LogP contribution in [-0.4, -0.2) is 18.8 Å². The summed E-state index contributed by atoms with van der Waals surface area (Å²) in [4.78, 5) is 23.9. The van der Waals surface area contributed by atoms with Gasteiger partial charge in [0.05, 0.1) is 7.11 Å². The monoisotopic (exact) mass is 389 g/mol. The first-order valence-electron chi connectivity index (χ1n) is 7.77. The zero-order chi connectivity index (χ0) is 17.4. The average molecular weight is 390 g/mol. The second-order valence-corrected chi connectivity index (χ2v) is 6.33. The lowest BCUT2D eigenvalue weighted by atomic mass is 10.1. The van der Waals surface area contributed by atoms with Crippen LogP contribution in [0.1, 0.15) is 35.2 Å². The molecule has 4 nitrogen and oxygen atoms in total. The fourth-order valence-electron chi connectivity index (χ4n) is 2.27. The summed E-state index contributed by atoms with van der Waals surface area (Å²) in [6, 6.07) is 14.8. The van der Waals surface area contributed by atoms with Crippen LogP contribution in [-0.2, 0) is 11.3 Å². The predicted molar refractivity (Wildman–Crippen MR) is 97.2 cm³/mol. The van der Waals surface area contributed by atoms with Crippen molar-refractivity contribution in [3.05, 3.63) is 64.1 Å². The number of hydrogen-bond donors (Lipinski definition) is 1. The highest BCUT2D eigenvalue weighted by Gasteiger charge is 2.08. The molecule has 5 heteroatoms. The molecule has 0 radical (unpaired) electrons. The minimum Gasteiger partial charge on any atom is -0.497 e. The topological polar surface area (TPSA) is 55.4 Å². The second-order valence-electron chi connectivity index (χ2n) is 5.41. The molecule has 0 aliphatic rings. The summed E-state index contributed by atoms with van der Waals surface area (Å²) in [5.74, 6) is 0.716. The lowest BCUT2D eigenvalue weighted by Gasteiger charge is -2.06. The summed E-state index contributed by atoms with van der Waals surface area (Å²) in [7, 11) is 1.59. The largest absolute Gasteiger partial charge is 0.497 e. The number of carbonyl (C=O) groups is 2. The van der Waals surface area contributed by atoms with Crippen LogP contribution in [0.4, 0.5) is 0 Å². The molecule has 0 heterocycles. The van der Waals surface area contributed by atoms with Crippen LogP contribution in [0, 0.1) is 0 Å². The Labute approximate surface area is 150 Å². The molecule has 0 aromatic heterocycles. The fourth-order valence-corrected chi connectivity index (χ4v) is 2.71. The van der Waals surface area contributed by atoms with Crippen molar-refractivity contribution in [1.29, 1.82) is 0 Å². The minimum atomic E-state index is -0.0440. The first-order chi connectivity index (χ1) is 11.6. The number of Topliss-reactive ketones (excluding diaryl/α,β-unsaturated/α-hetero) is 1. The summed E-state index contributed by atoms with van der Waals surface area (Å²) in [6.45, 7) is 0.491. The van der Waals surface area contributed by atoms with E-state index in [1.807, 2.05) is 24.3 Å². The summed E-state index contributed by atoms with van der Waals surface area (Å²) in [5, 5.41) is 2.87. The van der Waals surface area contributed by atoms with Crippen LogP contribution < -0.4 is 10.1 Å². The van der Waals surface area contributed by atoms with Crippen molar-refractivity contribution in [2.75, 3.05) is 7.11 Å². The molecule has 0 saturated carbocycles. The van der Waals surface area contributed by atoms with Gasteiger partial charge in [-0.05, 0) is 48.4 Å². The van der Waals surface area contributed by atoms with E-state index in [1.54, 1.807) is 31.4 Å². The Bertz CT molecular complexity index is 698. The Kier molecular flexibility index (Phi) is 7.00. The molecule has 0 aliphatic heterocycles. The molecule has 126 valence electrons. The molecule has 24 heavy (non-hydrogen) atoms. The lowest BCUT2D eigenvalue weighted by molar-refractivity contribution is -0.121. The van der Waals surface area contributed by atoms with Crippen molar-refractivity contribution >= 4 is 27.6 Å². The highest BCUT2D eigenvalue weighted by Crippen LogP contribution is 2.14. The fraction of sp³-hybridized carbons (Fsp3) is 0.263. The molecule has 0 atom stereocenters. The maximum Gasteiger partial charge on any atom is 0.220 e. The summed E-state index contributed by atoms with van der Waals surface area (Å²) in [5.41, 5.74) is 1.68. The van der Waals surface area contributed by atoms with Gasteiger partial charge in [-0.2, -0.15) is 0 Å². The Balaban J connectivity index is 1.70. The van der Waals surface area contributed by atoms with Gasteiger partial charge in [0.25, 0.3) is 0 Å². The standard InChI is InChI=1S/C19H20BrNO3/c1-24-17-10-8-15(9-11-17)18(22)6-3-7-19(23)21-13-14-4-2-5-16(20)12-14/h2,4-5,8-12H,3,6-7,13H2,1H3,(H,21,23). The molecule has 0 unspecified atom stereocenters. The van der Waals surface area contributed by atoms with Crippen molar-refractivity contribution < 1.29 is 14.3 Å². The number of amides is 1. The number of halogens is 1. The summed E-state index contributed by atoms with van der Waals surface area (Å²) in [6.07, 6.45) is 1.24. The third-order valence-corrected chi connectivity index (χ3v) is 4.09. The molecule has 0 spiro atoms. The number of carbonyl (C=O) groups excluding carboxylic acids is 2. The highest BCUT2D eigenvalue weighted by atomic mass is 79.9. The van der Waals surface area contributed by atoms with Crippen LogP contribution >= 0.6 is 15.9 Å². The molecule has 2 aromatic rings. The zero-order valence-corrected chi connectivity index (χ0v) is 15.1. The predicted octanol–water partition coefficient (Wildman–Crippen LogP) is 4.13. The van der Waals surface area contributed by atoms with E-state index >= 15 is 0 Å². The van der Waals surface area contributed by atoms with E-state index in [2.05, 4.69) is 21.2 Å². The van der Waals surface area contributed by atoms with Crippen molar-refractivity contribution in [2.24, 2.45) is 0 Å². The Morgan fingerprint density at radius 3 is 2.50 bits per heavy atom. The van der Waals surface area contributed by atoms with Gasteiger partial charge in [-0.15, -0.1) is 0 Å². The Hall–Kier alpha value is -2.14. The molecular weight excluding hydrogens is 370 g/mol. The maximum atomic E-state index is 12.1. The average Bonchev–Trinajstić information content (AvgIpc) is 2.60. The van der Waals surface area contributed by atoms with Gasteiger partial charge in [-0.1, -0.05) is 28.1 Å². The molecule has 0 saturated heterocycles. The number of ketones is 1. The number of ether oxygens (including phenoxy) is 1. The maximum absolute atomic E-state index is 12.1. The van der Waals surface area contributed by atoms with Gasteiger partial charge in [0, 0.05) is 29.4 Å². The van der Waals surface area contributed by atoms with Crippen molar-refractivity contribution in [2.45, 2.75) is 25.8 Å². The molecule has 1 N–H and O–H groups in total. The minimum absolute atomic E-state index is 0.0393. The number of benzene rings is 2. The first-order valence-corrected chi connectivity index (χ1v) is 8.56.